The third-order valence-electron chi connectivity index (χ3n) is 7.04. The van der Waals surface area contributed by atoms with Gasteiger partial charge in [0.1, 0.15) is 11.5 Å². The monoisotopic (exact) mass is 464 g/mol. The maximum atomic E-state index is 11.7. The molecule has 1 atom stereocenters. The van der Waals surface area contributed by atoms with Crippen molar-refractivity contribution in [2.45, 2.75) is 50.6 Å². The number of fused-ring (bicyclic) bond motifs is 2. The minimum atomic E-state index is 0.199. The number of aromatic nitrogens is 2. The molecule has 2 fully saturated rings. The highest BCUT2D eigenvalue weighted by Crippen LogP contribution is 2.41. The van der Waals surface area contributed by atoms with Crippen molar-refractivity contribution >= 4 is 27.6 Å². The summed E-state index contributed by atoms with van der Waals surface area (Å²) in [5.74, 6) is 2.22. The normalized spacial score (nSPS) is 20.8. The molecule has 4 heterocycles. The lowest BCUT2D eigenvalue weighted by Crippen LogP contribution is -2.48. The van der Waals surface area contributed by atoms with Crippen molar-refractivity contribution in [1.82, 2.24) is 19.8 Å². The molecule has 1 saturated carbocycles. The lowest BCUT2D eigenvalue weighted by atomic mass is 9.97. The Kier molecular flexibility index (Phi) is 5.42. The van der Waals surface area contributed by atoms with Crippen LogP contribution in [0.2, 0.25) is 0 Å². The van der Waals surface area contributed by atoms with Crippen molar-refractivity contribution in [3.05, 3.63) is 42.1 Å². The highest BCUT2D eigenvalue weighted by atomic mass is 32.1. The molecule has 7 nitrogen and oxygen atoms in total. The second-order valence-electron chi connectivity index (χ2n) is 9.28. The maximum absolute atomic E-state index is 11.7. The number of likely N-dealkylation sites (tertiary alicyclic amines) is 1. The van der Waals surface area contributed by atoms with E-state index in [0.717, 1.165) is 48.7 Å². The van der Waals surface area contributed by atoms with Crippen molar-refractivity contribution < 1.29 is 14.3 Å². The lowest BCUT2D eigenvalue weighted by Gasteiger charge is -2.39. The Labute approximate surface area is 197 Å². The predicted molar refractivity (Wildman–Crippen MR) is 127 cm³/mol. The molecular weight excluding hydrogens is 436 g/mol. The molecule has 1 amide bonds. The fraction of sp³-hybridized carbons (Fsp3) is 0.480. The van der Waals surface area contributed by atoms with Crippen LogP contribution in [0, 0.1) is 0 Å². The Morgan fingerprint density at radius 1 is 1.21 bits per heavy atom. The van der Waals surface area contributed by atoms with Crippen LogP contribution in [-0.2, 0) is 4.79 Å². The minimum Gasteiger partial charge on any atom is -0.492 e. The van der Waals surface area contributed by atoms with E-state index >= 15 is 0 Å². The molecule has 172 valence electrons. The fourth-order valence-electron chi connectivity index (χ4n) is 5.13. The van der Waals surface area contributed by atoms with E-state index in [0.29, 0.717) is 35.4 Å². The molecule has 0 bridgehead atoms. The highest BCUT2D eigenvalue weighted by molar-refractivity contribution is 7.20. The van der Waals surface area contributed by atoms with Crippen LogP contribution < -0.4 is 9.47 Å². The number of carbonyl (C=O) groups excluding carboxylic acids is 1. The first kappa shape index (κ1) is 20.9. The zero-order chi connectivity index (χ0) is 22.4. The molecule has 3 aromatic rings. The van der Waals surface area contributed by atoms with E-state index in [2.05, 4.69) is 20.9 Å². The van der Waals surface area contributed by atoms with Gasteiger partial charge < -0.3 is 14.4 Å². The minimum absolute atomic E-state index is 0.199. The molecule has 8 heteroatoms. The summed E-state index contributed by atoms with van der Waals surface area (Å²) in [6, 6.07) is 11.3. The van der Waals surface area contributed by atoms with Gasteiger partial charge in [-0.05, 0) is 43.9 Å². The number of nitrogens with zero attached hydrogens (tertiary/aromatic N) is 4. The molecule has 3 aliphatic rings. The molecular formula is C25H28N4O3S. The van der Waals surface area contributed by atoms with Gasteiger partial charge in [-0.2, -0.15) is 4.98 Å². The Morgan fingerprint density at radius 3 is 2.79 bits per heavy atom. The third-order valence-corrected chi connectivity index (χ3v) is 7.93. The molecule has 33 heavy (non-hydrogen) atoms. The van der Waals surface area contributed by atoms with Gasteiger partial charge in [0.2, 0.25) is 5.91 Å². The number of hydrogen-bond donors (Lipinski definition) is 0. The van der Waals surface area contributed by atoms with Crippen LogP contribution in [0.1, 0.15) is 44.1 Å². The molecule has 0 spiro atoms. The highest BCUT2D eigenvalue weighted by Gasteiger charge is 2.38. The van der Waals surface area contributed by atoms with E-state index in [1.165, 1.54) is 29.7 Å². The topological polar surface area (TPSA) is 67.8 Å². The van der Waals surface area contributed by atoms with E-state index in [1.54, 1.807) is 13.1 Å². The second kappa shape index (κ2) is 8.57. The molecule has 2 aliphatic heterocycles. The smallest absolute Gasteiger partial charge is 0.281 e. The van der Waals surface area contributed by atoms with Crippen molar-refractivity contribution in [3.63, 3.8) is 0 Å². The van der Waals surface area contributed by atoms with Crippen molar-refractivity contribution in [1.29, 1.82) is 0 Å². The average molecular weight is 465 g/mol. The van der Waals surface area contributed by atoms with Gasteiger partial charge in [0.15, 0.2) is 5.65 Å². The van der Waals surface area contributed by atoms with Crippen molar-refractivity contribution in [3.8, 4) is 16.7 Å². The molecule has 1 unspecified atom stereocenters. The van der Waals surface area contributed by atoms with E-state index in [1.807, 2.05) is 29.2 Å². The quantitative estimate of drug-likeness (QED) is 0.538. The van der Waals surface area contributed by atoms with Crippen LogP contribution >= 0.6 is 11.3 Å². The lowest BCUT2D eigenvalue weighted by molar-refractivity contribution is -0.130. The fourth-order valence-corrected chi connectivity index (χ4v) is 5.93. The Morgan fingerprint density at radius 2 is 2.03 bits per heavy atom. The van der Waals surface area contributed by atoms with Gasteiger partial charge in [0.05, 0.1) is 11.3 Å². The molecule has 1 saturated heterocycles. The molecule has 6 rings (SSSR count). The summed E-state index contributed by atoms with van der Waals surface area (Å²) < 4.78 is 13.1. The standard InChI is InChI=1S/C25H28N4O3S/c1-16(30)28-11-8-19(9-12-28)29(18-4-5-18)14-17-15-31-22-13-20(6-7-21(17)22)32-25-27-24-23(33-25)3-2-10-26-24/h2-3,6-7,10,13,17-19H,4-5,8-9,11-12,14-15H2,1H3. The average Bonchev–Trinajstić information content (AvgIpc) is 3.46. The molecule has 1 aromatic carbocycles. The van der Waals surface area contributed by atoms with E-state index < -0.39 is 0 Å². The number of thiazole rings is 1. The number of carbonyl (C=O) groups is 1. The number of piperidine rings is 1. The second-order valence-corrected chi connectivity index (χ2v) is 10.3. The molecule has 1 aliphatic carbocycles. The van der Waals surface area contributed by atoms with Crippen molar-refractivity contribution in [2.24, 2.45) is 0 Å². The maximum Gasteiger partial charge on any atom is 0.281 e. The third kappa shape index (κ3) is 4.29. The van der Waals surface area contributed by atoms with Gasteiger partial charge in [-0.25, -0.2) is 4.98 Å². The van der Waals surface area contributed by atoms with E-state index in [4.69, 9.17) is 9.47 Å². The molecule has 0 N–H and O–H groups in total. The summed E-state index contributed by atoms with van der Waals surface area (Å²) in [5.41, 5.74) is 1.98. The van der Waals surface area contributed by atoms with Crippen LogP contribution in [0.25, 0.3) is 10.3 Å². The summed E-state index contributed by atoms with van der Waals surface area (Å²) in [5, 5.41) is 0.593. The molecule has 0 radical (unpaired) electrons. The number of rotatable bonds is 6. The van der Waals surface area contributed by atoms with Gasteiger partial charge in [0, 0.05) is 62.4 Å². The first-order valence-corrected chi connectivity index (χ1v) is 12.6. The van der Waals surface area contributed by atoms with Gasteiger partial charge in [0.25, 0.3) is 5.19 Å². The first-order chi connectivity index (χ1) is 16.1. The number of benzene rings is 1. The van der Waals surface area contributed by atoms with Gasteiger partial charge in [-0.3, -0.25) is 9.69 Å². The predicted octanol–water partition coefficient (Wildman–Crippen LogP) is 4.43. The number of amides is 1. The Balaban J connectivity index is 1.14. The Bertz CT molecular complexity index is 1140. The van der Waals surface area contributed by atoms with E-state index in [-0.39, 0.29) is 5.91 Å². The van der Waals surface area contributed by atoms with Crippen LogP contribution in [-0.4, -0.2) is 64.0 Å². The van der Waals surface area contributed by atoms with Gasteiger partial charge in [-0.15, -0.1) is 0 Å². The SMILES string of the molecule is CC(=O)N1CCC(N(CC2COc3cc(Oc4nc5ncccc5s4)ccc32)C2CC2)CC1. The molecule has 2 aromatic heterocycles. The Hall–Kier alpha value is -2.71. The van der Waals surface area contributed by atoms with Crippen LogP contribution in [0.5, 0.6) is 16.7 Å². The number of hydrogen-bond acceptors (Lipinski definition) is 7. The largest absolute Gasteiger partial charge is 0.492 e. The van der Waals surface area contributed by atoms with Gasteiger partial charge in [-0.1, -0.05) is 17.4 Å². The first-order valence-electron chi connectivity index (χ1n) is 11.8. The van der Waals surface area contributed by atoms with Crippen molar-refractivity contribution in [2.75, 3.05) is 26.2 Å². The zero-order valence-electron chi connectivity index (χ0n) is 18.8. The van der Waals surface area contributed by atoms with Crippen LogP contribution in [0.4, 0.5) is 0 Å². The number of pyridine rings is 1. The van der Waals surface area contributed by atoms with Gasteiger partial charge >= 0.3 is 0 Å². The summed E-state index contributed by atoms with van der Waals surface area (Å²) in [7, 11) is 0. The summed E-state index contributed by atoms with van der Waals surface area (Å²) >= 11 is 1.49. The summed E-state index contributed by atoms with van der Waals surface area (Å²) in [4.78, 5) is 25.1. The zero-order valence-corrected chi connectivity index (χ0v) is 19.6. The summed E-state index contributed by atoms with van der Waals surface area (Å²) in [6.45, 7) is 5.16. The van der Waals surface area contributed by atoms with Crippen LogP contribution in [0.3, 0.4) is 0 Å². The number of ether oxygens (including phenoxy) is 2. The van der Waals surface area contributed by atoms with E-state index in [9.17, 15) is 4.79 Å². The summed E-state index contributed by atoms with van der Waals surface area (Å²) in [6.07, 6.45) is 6.46. The van der Waals surface area contributed by atoms with Crippen LogP contribution in [0.15, 0.2) is 36.5 Å².